The number of anilines is 1. The number of ether oxygens (including phenoxy) is 1. The predicted molar refractivity (Wildman–Crippen MR) is 89.5 cm³/mol. The number of rotatable bonds is 3. The molecule has 0 bridgehead atoms. The van der Waals surface area contributed by atoms with Gasteiger partial charge in [-0.3, -0.25) is 9.69 Å². The van der Waals surface area contributed by atoms with Crippen LogP contribution in [0.3, 0.4) is 0 Å². The summed E-state index contributed by atoms with van der Waals surface area (Å²) in [5, 5.41) is 0. The van der Waals surface area contributed by atoms with E-state index in [4.69, 9.17) is 4.74 Å². The second kappa shape index (κ2) is 6.33. The summed E-state index contributed by atoms with van der Waals surface area (Å²) in [4.78, 5) is 18.7. The number of halogens is 1. The molecule has 130 valence electrons. The normalized spacial score (nSPS) is 23.5. The highest BCUT2D eigenvalue weighted by Crippen LogP contribution is 2.37. The van der Waals surface area contributed by atoms with Crippen LogP contribution in [0.25, 0.3) is 0 Å². The van der Waals surface area contributed by atoms with E-state index in [-0.39, 0.29) is 11.7 Å². The topological polar surface area (TPSA) is 36.0 Å². The first-order chi connectivity index (χ1) is 11.7. The molecule has 3 fully saturated rings. The summed E-state index contributed by atoms with van der Waals surface area (Å²) in [5.74, 6) is 0.00262. The van der Waals surface area contributed by atoms with Gasteiger partial charge in [0.1, 0.15) is 5.82 Å². The van der Waals surface area contributed by atoms with E-state index in [1.165, 1.54) is 6.07 Å². The highest BCUT2D eigenvalue weighted by atomic mass is 19.1. The molecule has 0 N–H and O–H groups in total. The maximum atomic E-state index is 13.9. The van der Waals surface area contributed by atoms with Gasteiger partial charge in [-0.1, -0.05) is 12.1 Å². The third-order valence-electron chi connectivity index (χ3n) is 5.52. The number of nitrogens with zero attached hydrogens (tertiary/aromatic N) is 3. The van der Waals surface area contributed by atoms with Crippen molar-refractivity contribution < 1.29 is 13.9 Å². The van der Waals surface area contributed by atoms with Crippen molar-refractivity contribution in [2.24, 2.45) is 5.41 Å². The van der Waals surface area contributed by atoms with Crippen LogP contribution in [0.15, 0.2) is 24.3 Å². The van der Waals surface area contributed by atoms with Gasteiger partial charge in [0.2, 0.25) is 5.91 Å². The van der Waals surface area contributed by atoms with Gasteiger partial charge in [0, 0.05) is 38.1 Å². The fourth-order valence-electron chi connectivity index (χ4n) is 3.99. The number of hydrogen-bond donors (Lipinski definition) is 0. The van der Waals surface area contributed by atoms with E-state index in [1.54, 1.807) is 12.1 Å². The number of para-hydroxylation sites is 1. The summed E-state index contributed by atoms with van der Waals surface area (Å²) in [7, 11) is 0. The van der Waals surface area contributed by atoms with Crippen molar-refractivity contribution in [1.82, 2.24) is 9.80 Å². The molecule has 3 heterocycles. The molecule has 5 nitrogen and oxygen atoms in total. The Morgan fingerprint density at radius 3 is 2.50 bits per heavy atom. The van der Waals surface area contributed by atoms with E-state index in [9.17, 15) is 9.18 Å². The molecule has 1 aromatic carbocycles. The van der Waals surface area contributed by atoms with Gasteiger partial charge in [-0.05, 0) is 25.1 Å². The van der Waals surface area contributed by atoms with Crippen molar-refractivity contribution in [3.05, 3.63) is 30.1 Å². The number of benzene rings is 1. The molecule has 0 saturated carbocycles. The molecule has 6 heteroatoms. The van der Waals surface area contributed by atoms with Crippen LogP contribution in [0, 0.1) is 11.2 Å². The summed E-state index contributed by atoms with van der Waals surface area (Å²) in [6, 6.07) is 6.84. The third kappa shape index (κ3) is 3.00. The van der Waals surface area contributed by atoms with Gasteiger partial charge in [0.05, 0.1) is 25.4 Å². The van der Waals surface area contributed by atoms with Gasteiger partial charge < -0.3 is 14.5 Å². The van der Waals surface area contributed by atoms with Crippen molar-refractivity contribution >= 4 is 11.6 Å². The van der Waals surface area contributed by atoms with Gasteiger partial charge in [0.25, 0.3) is 0 Å². The van der Waals surface area contributed by atoms with E-state index >= 15 is 0 Å². The second-order valence-corrected chi connectivity index (χ2v) is 7.27. The minimum atomic E-state index is -0.192. The van der Waals surface area contributed by atoms with E-state index in [0.29, 0.717) is 43.8 Å². The Balaban J connectivity index is 1.28. The number of hydrogen-bond acceptors (Lipinski definition) is 4. The molecule has 0 radical (unpaired) electrons. The van der Waals surface area contributed by atoms with Crippen LogP contribution in [-0.4, -0.2) is 74.7 Å². The van der Waals surface area contributed by atoms with Gasteiger partial charge in [0.15, 0.2) is 0 Å². The van der Waals surface area contributed by atoms with Crippen molar-refractivity contribution in [3.8, 4) is 0 Å². The summed E-state index contributed by atoms with van der Waals surface area (Å²) in [6.07, 6.45) is 1.14. The first-order valence-electron chi connectivity index (χ1n) is 8.73. The molecule has 3 aliphatic rings. The van der Waals surface area contributed by atoms with Gasteiger partial charge in [-0.2, -0.15) is 0 Å². The fourth-order valence-corrected chi connectivity index (χ4v) is 3.99. The molecule has 1 aromatic rings. The second-order valence-electron chi connectivity index (χ2n) is 7.27. The van der Waals surface area contributed by atoms with E-state index in [0.717, 1.165) is 32.7 Å². The maximum Gasteiger partial charge on any atom is 0.236 e. The fraction of sp³-hybridized carbons (Fsp3) is 0.611. The zero-order valence-corrected chi connectivity index (χ0v) is 13.9. The molecular formula is C18H24FN3O2. The number of piperazine rings is 1. The Hall–Kier alpha value is -1.66. The molecular weight excluding hydrogens is 309 g/mol. The average Bonchev–Trinajstić information content (AvgIpc) is 3.00. The van der Waals surface area contributed by atoms with Crippen molar-refractivity contribution in [2.45, 2.75) is 6.42 Å². The molecule has 0 atom stereocenters. The quantitative estimate of drug-likeness (QED) is 0.833. The lowest BCUT2D eigenvalue weighted by Gasteiger charge is -2.38. The molecule has 0 aliphatic carbocycles. The summed E-state index contributed by atoms with van der Waals surface area (Å²) >= 11 is 0. The Bertz CT molecular complexity index is 612. The van der Waals surface area contributed by atoms with Crippen LogP contribution < -0.4 is 4.90 Å². The van der Waals surface area contributed by atoms with Crippen LogP contribution >= 0.6 is 0 Å². The highest BCUT2D eigenvalue weighted by Gasteiger charge is 2.44. The van der Waals surface area contributed by atoms with Gasteiger partial charge in [-0.15, -0.1) is 0 Å². The lowest BCUT2D eigenvalue weighted by molar-refractivity contribution is -0.133. The first-order valence-corrected chi connectivity index (χ1v) is 8.73. The molecule has 3 aliphatic heterocycles. The smallest absolute Gasteiger partial charge is 0.236 e. The Labute approximate surface area is 142 Å². The molecule has 0 aromatic heterocycles. The number of amides is 1. The average molecular weight is 333 g/mol. The molecule has 3 saturated heterocycles. The standard InChI is InChI=1S/C18H24FN3O2/c19-15-3-1-2-4-16(15)21-7-9-22(10-8-21)17(23)11-20-6-5-18(12-20)13-24-14-18/h1-4H,5-14H2. The largest absolute Gasteiger partial charge is 0.380 e. The van der Waals surface area contributed by atoms with Crippen molar-refractivity contribution in [1.29, 1.82) is 0 Å². The Morgan fingerprint density at radius 2 is 1.88 bits per heavy atom. The lowest BCUT2D eigenvalue weighted by atomic mass is 9.85. The summed E-state index contributed by atoms with van der Waals surface area (Å²) in [6.45, 7) is 6.86. The molecule has 24 heavy (non-hydrogen) atoms. The number of likely N-dealkylation sites (tertiary alicyclic amines) is 1. The van der Waals surface area contributed by atoms with Crippen LogP contribution in [0.4, 0.5) is 10.1 Å². The van der Waals surface area contributed by atoms with Crippen LogP contribution in [-0.2, 0) is 9.53 Å². The molecule has 0 unspecified atom stereocenters. The Morgan fingerprint density at radius 1 is 1.12 bits per heavy atom. The Kier molecular flexibility index (Phi) is 4.18. The SMILES string of the molecule is O=C(CN1CCC2(COC2)C1)N1CCN(c2ccccc2F)CC1. The molecule has 1 amide bonds. The number of carbonyl (C=O) groups excluding carboxylic acids is 1. The summed E-state index contributed by atoms with van der Waals surface area (Å²) in [5.41, 5.74) is 0.958. The van der Waals surface area contributed by atoms with E-state index in [1.807, 2.05) is 15.9 Å². The van der Waals surface area contributed by atoms with E-state index < -0.39 is 0 Å². The molecule has 1 spiro atoms. The van der Waals surface area contributed by atoms with Crippen LogP contribution in [0.2, 0.25) is 0 Å². The first kappa shape index (κ1) is 15.8. The summed E-state index contributed by atoms with van der Waals surface area (Å²) < 4.78 is 19.2. The highest BCUT2D eigenvalue weighted by molar-refractivity contribution is 5.78. The van der Waals surface area contributed by atoms with E-state index in [2.05, 4.69) is 4.90 Å². The minimum absolute atomic E-state index is 0.192. The lowest BCUT2D eigenvalue weighted by Crippen LogP contribution is -2.52. The van der Waals surface area contributed by atoms with Crippen LogP contribution in [0.5, 0.6) is 0 Å². The van der Waals surface area contributed by atoms with Crippen molar-refractivity contribution in [3.63, 3.8) is 0 Å². The predicted octanol–water partition coefficient (Wildman–Crippen LogP) is 1.20. The van der Waals surface area contributed by atoms with Gasteiger partial charge in [-0.25, -0.2) is 4.39 Å². The van der Waals surface area contributed by atoms with Gasteiger partial charge >= 0.3 is 0 Å². The zero-order chi connectivity index (χ0) is 16.6. The third-order valence-corrected chi connectivity index (χ3v) is 5.52. The molecule has 4 rings (SSSR count). The zero-order valence-electron chi connectivity index (χ0n) is 13.9. The maximum absolute atomic E-state index is 13.9. The number of carbonyl (C=O) groups is 1. The van der Waals surface area contributed by atoms with Crippen molar-refractivity contribution in [2.75, 3.05) is 63.9 Å². The monoisotopic (exact) mass is 333 g/mol. The minimum Gasteiger partial charge on any atom is -0.380 e. The van der Waals surface area contributed by atoms with Crippen LogP contribution in [0.1, 0.15) is 6.42 Å².